The minimum Gasteiger partial charge on any atom is -0.394 e. The summed E-state index contributed by atoms with van der Waals surface area (Å²) < 4.78 is 5.02. The largest absolute Gasteiger partial charge is 0.394 e. The fourth-order valence-corrected chi connectivity index (χ4v) is 2.53. The lowest BCUT2D eigenvalue weighted by Crippen LogP contribution is -2.73. The molecule has 0 amide bonds. The topological polar surface area (TPSA) is 208 Å². The van der Waals surface area contributed by atoms with Crippen molar-refractivity contribution in [3.05, 3.63) is 0 Å². The zero-order chi connectivity index (χ0) is 17.9. The number of aliphatic hydroxyl groups excluding tert-OH is 8. The van der Waals surface area contributed by atoms with Gasteiger partial charge in [0.25, 0.3) is 0 Å². The molecule has 0 radical (unpaired) electrons. The second-order valence-corrected chi connectivity index (χ2v) is 5.41. The first-order valence-corrected chi connectivity index (χ1v) is 6.79. The predicted octanol–water partition coefficient (Wildman–Crippen LogP) is -6.17. The smallest absolute Gasteiger partial charge is 0.151 e. The van der Waals surface area contributed by atoms with E-state index in [1.54, 1.807) is 0 Å². The third-order valence-electron chi connectivity index (χ3n) is 3.99. The lowest BCUT2D eigenvalue weighted by molar-refractivity contribution is -0.309. The Morgan fingerprint density at radius 1 is 1.04 bits per heavy atom. The summed E-state index contributed by atoms with van der Waals surface area (Å²) >= 11 is 0. The molecule has 9 N–H and O–H groups in total. The van der Waals surface area contributed by atoms with Crippen molar-refractivity contribution in [2.45, 2.75) is 54.4 Å². The van der Waals surface area contributed by atoms with Crippen molar-refractivity contribution in [2.75, 3.05) is 13.2 Å². The zero-order valence-electron chi connectivity index (χ0n) is 12.0. The quantitative estimate of drug-likeness (QED) is 0.199. The summed E-state index contributed by atoms with van der Waals surface area (Å²) in [5.74, 6) is 0. The number of carbonyl (C=O) groups is 1. The third kappa shape index (κ3) is 3.53. The van der Waals surface area contributed by atoms with Crippen molar-refractivity contribution in [3.63, 3.8) is 0 Å². The van der Waals surface area contributed by atoms with Crippen LogP contribution < -0.4 is 0 Å². The van der Waals surface area contributed by atoms with E-state index in [9.17, 15) is 40.5 Å². The van der Waals surface area contributed by atoms with E-state index in [0.717, 1.165) is 0 Å². The molecule has 0 aromatic heterocycles. The van der Waals surface area contributed by atoms with Gasteiger partial charge in [-0.1, -0.05) is 0 Å². The fourth-order valence-electron chi connectivity index (χ4n) is 2.53. The molecule has 11 nitrogen and oxygen atoms in total. The average molecular weight is 342 g/mol. The number of hydrogen-bond donors (Lipinski definition) is 9. The van der Waals surface area contributed by atoms with Crippen molar-refractivity contribution in [1.82, 2.24) is 0 Å². The fraction of sp³-hybridized carbons (Fsp3) is 0.917. The monoisotopic (exact) mass is 342 g/mol. The van der Waals surface area contributed by atoms with Crippen molar-refractivity contribution in [2.24, 2.45) is 0 Å². The van der Waals surface area contributed by atoms with Crippen LogP contribution in [0.2, 0.25) is 0 Å². The molecule has 1 heterocycles. The van der Waals surface area contributed by atoms with Gasteiger partial charge in [-0.2, -0.15) is 0 Å². The van der Waals surface area contributed by atoms with Gasteiger partial charge in [-0.3, -0.25) is 0 Å². The highest BCUT2D eigenvalue weighted by Crippen LogP contribution is 2.33. The van der Waals surface area contributed by atoms with Gasteiger partial charge in [-0.05, 0) is 0 Å². The Kier molecular flexibility index (Phi) is 6.97. The molecule has 1 aliphatic heterocycles. The zero-order valence-corrected chi connectivity index (χ0v) is 12.0. The van der Waals surface area contributed by atoms with E-state index in [1.165, 1.54) is 0 Å². The van der Waals surface area contributed by atoms with E-state index in [0.29, 0.717) is 0 Å². The third-order valence-corrected chi connectivity index (χ3v) is 3.99. The molecule has 9 atom stereocenters. The maximum absolute atomic E-state index is 10.6. The Balaban J connectivity index is 3.27. The van der Waals surface area contributed by atoms with Gasteiger partial charge in [-0.15, -0.1) is 0 Å². The Hall–Kier alpha value is -0.730. The van der Waals surface area contributed by atoms with Gasteiger partial charge in [0.1, 0.15) is 54.4 Å². The summed E-state index contributed by atoms with van der Waals surface area (Å²) in [6.07, 6.45) is -16.3. The van der Waals surface area contributed by atoms with E-state index in [4.69, 9.17) is 14.9 Å². The Morgan fingerprint density at radius 2 is 1.61 bits per heavy atom. The normalized spacial score (nSPS) is 38.4. The van der Waals surface area contributed by atoms with Crippen LogP contribution in [-0.2, 0) is 9.53 Å². The van der Waals surface area contributed by atoms with Gasteiger partial charge in [0.2, 0.25) is 0 Å². The molecule has 1 saturated heterocycles. The van der Waals surface area contributed by atoms with Crippen molar-refractivity contribution in [1.29, 1.82) is 0 Å². The molecule has 1 fully saturated rings. The molecule has 0 aromatic rings. The predicted molar refractivity (Wildman–Crippen MR) is 69.9 cm³/mol. The molecule has 1 rings (SSSR count). The minimum absolute atomic E-state index is 0.163. The first-order valence-electron chi connectivity index (χ1n) is 6.79. The van der Waals surface area contributed by atoms with Crippen molar-refractivity contribution >= 4 is 6.29 Å². The summed E-state index contributed by atoms with van der Waals surface area (Å²) in [4.78, 5) is 10.6. The van der Waals surface area contributed by atoms with Gasteiger partial charge in [0.05, 0.1) is 13.2 Å². The lowest BCUT2D eigenvalue weighted by atomic mass is 9.76. The molecule has 0 bridgehead atoms. The number of carbonyl (C=O) groups excluding carboxylic acids is 1. The molecule has 23 heavy (non-hydrogen) atoms. The Bertz CT molecular complexity index is 391. The van der Waals surface area contributed by atoms with Gasteiger partial charge in [-0.25, -0.2) is 0 Å². The molecular formula is C12H22O11. The van der Waals surface area contributed by atoms with E-state index in [1.807, 2.05) is 0 Å². The van der Waals surface area contributed by atoms with E-state index in [-0.39, 0.29) is 6.29 Å². The van der Waals surface area contributed by atoms with Gasteiger partial charge in [0.15, 0.2) is 6.29 Å². The summed E-state index contributed by atoms with van der Waals surface area (Å²) in [6, 6.07) is 0. The number of rotatable bonds is 7. The number of aldehydes is 1. The molecule has 1 aliphatic rings. The number of ether oxygens (including phenoxy) is 1. The minimum atomic E-state index is -3.00. The standard InChI is InChI=1S/C12H22O11/c13-1-4(16)10(21)12(22,6(17)3-15)11-9(20)8(19)7(18)5(2-14)23-11/h1,4-11,14-22H,2-3H2/t4-,5+,6+,7+,8-,9+,10+,11+,12+/m0/s1. The van der Waals surface area contributed by atoms with Crippen LogP contribution in [0.3, 0.4) is 0 Å². The maximum Gasteiger partial charge on any atom is 0.151 e. The maximum atomic E-state index is 10.6. The van der Waals surface area contributed by atoms with E-state index < -0.39 is 67.6 Å². The first-order chi connectivity index (χ1) is 10.7. The van der Waals surface area contributed by atoms with Crippen LogP contribution in [0, 0.1) is 0 Å². The summed E-state index contributed by atoms with van der Waals surface area (Å²) in [6.45, 7) is -2.01. The van der Waals surface area contributed by atoms with Gasteiger partial charge < -0.3 is 55.5 Å². The van der Waals surface area contributed by atoms with Crippen LogP contribution >= 0.6 is 0 Å². The highest BCUT2D eigenvalue weighted by Gasteiger charge is 2.59. The van der Waals surface area contributed by atoms with Gasteiger partial charge in [0, 0.05) is 0 Å². The second kappa shape index (κ2) is 7.90. The number of aliphatic hydroxyl groups is 9. The molecule has 0 aromatic carbocycles. The van der Waals surface area contributed by atoms with E-state index in [2.05, 4.69) is 0 Å². The molecule has 136 valence electrons. The van der Waals surface area contributed by atoms with Gasteiger partial charge >= 0.3 is 0 Å². The molecule has 0 spiro atoms. The molecular weight excluding hydrogens is 320 g/mol. The SMILES string of the molecule is O=C[C@H](O)[C@@H](O)[C@](O)([C@H](O)CO)[C@@H]1O[C@H](CO)[C@@H](O)[C@H](O)[C@H]1O. The Morgan fingerprint density at radius 3 is 2.04 bits per heavy atom. The number of hydrogen-bond acceptors (Lipinski definition) is 11. The van der Waals surface area contributed by atoms with E-state index >= 15 is 0 Å². The highest BCUT2D eigenvalue weighted by atomic mass is 16.6. The highest BCUT2D eigenvalue weighted by molar-refractivity contribution is 5.57. The summed E-state index contributed by atoms with van der Waals surface area (Å²) in [7, 11) is 0. The van der Waals surface area contributed by atoms with Crippen LogP contribution in [0.4, 0.5) is 0 Å². The van der Waals surface area contributed by atoms with Crippen LogP contribution in [-0.4, -0.2) is 120 Å². The van der Waals surface area contributed by atoms with Crippen molar-refractivity contribution in [3.8, 4) is 0 Å². The van der Waals surface area contributed by atoms with Crippen molar-refractivity contribution < 1.29 is 55.5 Å². The molecule has 0 saturated carbocycles. The first kappa shape index (κ1) is 20.3. The summed E-state index contributed by atoms with van der Waals surface area (Å²) in [5, 5.41) is 87.1. The van der Waals surface area contributed by atoms with Crippen LogP contribution in [0.1, 0.15) is 0 Å². The second-order valence-electron chi connectivity index (χ2n) is 5.41. The van der Waals surface area contributed by atoms with Crippen LogP contribution in [0.5, 0.6) is 0 Å². The molecule has 11 heteroatoms. The molecule has 0 unspecified atom stereocenters. The van der Waals surface area contributed by atoms with Crippen LogP contribution in [0.25, 0.3) is 0 Å². The summed E-state index contributed by atoms with van der Waals surface area (Å²) in [5.41, 5.74) is -3.00. The average Bonchev–Trinajstić information content (AvgIpc) is 2.56. The Labute approximate surface area is 130 Å². The lowest BCUT2D eigenvalue weighted by Gasteiger charge is -2.49. The van der Waals surface area contributed by atoms with Crippen LogP contribution in [0.15, 0.2) is 0 Å². The molecule has 0 aliphatic carbocycles.